The summed E-state index contributed by atoms with van der Waals surface area (Å²) in [6.45, 7) is 1.61. The van der Waals surface area contributed by atoms with Gasteiger partial charge in [-0.25, -0.2) is 10.0 Å². The SMILES string of the molecule is Nc1cc(Br)cnc1N1CCCO1. The molecule has 1 aromatic rings. The molecule has 0 aliphatic carbocycles. The van der Waals surface area contributed by atoms with Gasteiger partial charge in [-0.05, 0) is 28.4 Å². The van der Waals surface area contributed by atoms with E-state index in [4.69, 9.17) is 10.6 Å². The lowest BCUT2D eigenvalue weighted by Gasteiger charge is -2.16. The Bertz CT molecular complexity index is 312. The molecule has 0 amide bonds. The van der Waals surface area contributed by atoms with Crippen molar-refractivity contribution in [1.29, 1.82) is 0 Å². The maximum atomic E-state index is 5.79. The second kappa shape index (κ2) is 3.51. The molecule has 0 spiro atoms. The van der Waals surface area contributed by atoms with Crippen LogP contribution in [0.4, 0.5) is 11.5 Å². The van der Waals surface area contributed by atoms with Gasteiger partial charge >= 0.3 is 0 Å². The first-order valence-electron chi connectivity index (χ1n) is 4.09. The summed E-state index contributed by atoms with van der Waals surface area (Å²) in [5.74, 6) is 0.709. The largest absolute Gasteiger partial charge is 0.396 e. The fraction of sp³-hybridized carbons (Fsp3) is 0.375. The van der Waals surface area contributed by atoms with Gasteiger partial charge in [0.2, 0.25) is 0 Å². The fourth-order valence-electron chi connectivity index (χ4n) is 1.27. The van der Waals surface area contributed by atoms with Crippen molar-refractivity contribution >= 4 is 27.4 Å². The van der Waals surface area contributed by atoms with E-state index in [-0.39, 0.29) is 0 Å². The van der Waals surface area contributed by atoms with Crippen molar-refractivity contribution in [1.82, 2.24) is 4.98 Å². The van der Waals surface area contributed by atoms with Crippen LogP contribution in [-0.2, 0) is 4.84 Å². The van der Waals surface area contributed by atoms with Gasteiger partial charge in [0.1, 0.15) is 0 Å². The van der Waals surface area contributed by atoms with E-state index >= 15 is 0 Å². The Balaban J connectivity index is 2.29. The highest BCUT2D eigenvalue weighted by Crippen LogP contribution is 2.25. The van der Waals surface area contributed by atoms with Gasteiger partial charge in [-0.3, -0.25) is 4.84 Å². The monoisotopic (exact) mass is 243 g/mol. The van der Waals surface area contributed by atoms with E-state index in [1.807, 2.05) is 6.07 Å². The van der Waals surface area contributed by atoms with E-state index in [2.05, 4.69) is 20.9 Å². The molecule has 0 bridgehead atoms. The van der Waals surface area contributed by atoms with Gasteiger partial charge in [0.05, 0.1) is 12.3 Å². The standard InChI is InChI=1S/C8H10BrN3O/c9-6-4-7(10)8(11-5-6)12-2-1-3-13-12/h4-5H,1-3,10H2. The Hall–Kier alpha value is -0.810. The number of aromatic nitrogens is 1. The summed E-state index contributed by atoms with van der Waals surface area (Å²) in [5, 5.41) is 1.74. The van der Waals surface area contributed by atoms with Crippen LogP contribution in [0, 0.1) is 0 Å². The van der Waals surface area contributed by atoms with Gasteiger partial charge < -0.3 is 5.73 Å². The minimum absolute atomic E-state index is 0.635. The number of nitrogen functional groups attached to an aromatic ring is 1. The van der Waals surface area contributed by atoms with Crippen molar-refractivity contribution in [2.75, 3.05) is 23.9 Å². The first kappa shape index (κ1) is 8.77. The normalized spacial score (nSPS) is 16.5. The number of anilines is 2. The van der Waals surface area contributed by atoms with Gasteiger partial charge in [0, 0.05) is 17.2 Å². The van der Waals surface area contributed by atoms with Crippen LogP contribution < -0.4 is 10.8 Å². The van der Waals surface area contributed by atoms with Crippen molar-refractivity contribution in [3.05, 3.63) is 16.7 Å². The average molecular weight is 244 g/mol. The lowest BCUT2D eigenvalue weighted by atomic mass is 10.4. The Morgan fingerprint density at radius 2 is 2.46 bits per heavy atom. The third-order valence-corrected chi connectivity index (χ3v) is 2.28. The molecular formula is C8H10BrN3O. The minimum Gasteiger partial charge on any atom is -0.396 e. The molecule has 4 nitrogen and oxygen atoms in total. The number of nitrogens with two attached hydrogens (primary N) is 1. The second-order valence-electron chi connectivity index (χ2n) is 2.86. The number of hydroxylamine groups is 1. The molecule has 1 aliphatic heterocycles. The van der Waals surface area contributed by atoms with Crippen LogP contribution in [0.3, 0.4) is 0 Å². The molecular weight excluding hydrogens is 234 g/mol. The summed E-state index contributed by atoms with van der Waals surface area (Å²) in [6.07, 6.45) is 2.74. The van der Waals surface area contributed by atoms with Gasteiger partial charge in [0.25, 0.3) is 0 Å². The molecule has 0 atom stereocenters. The van der Waals surface area contributed by atoms with Crippen LogP contribution in [0.15, 0.2) is 16.7 Å². The van der Waals surface area contributed by atoms with Crippen LogP contribution >= 0.6 is 15.9 Å². The third-order valence-electron chi connectivity index (χ3n) is 1.85. The minimum atomic E-state index is 0.635. The van der Waals surface area contributed by atoms with Crippen LogP contribution in [-0.4, -0.2) is 18.1 Å². The summed E-state index contributed by atoms with van der Waals surface area (Å²) < 4.78 is 0.882. The number of hydrogen-bond acceptors (Lipinski definition) is 4. The van der Waals surface area contributed by atoms with Crippen molar-refractivity contribution < 1.29 is 4.84 Å². The number of rotatable bonds is 1. The van der Waals surface area contributed by atoms with Gasteiger partial charge in [-0.2, -0.15) is 0 Å². The first-order chi connectivity index (χ1) is 6.27. The summed E-state index contributed by atoms with van der Waals surface area (Å²) in [7, 11) is 0. The van der Waals surface area contributed by atoms with Crippen molar-refractivity contribution in [2.45, 2.75) is 6.42 Å². The highest BCUT2D eigenvalue weighted by Gasteiger charge is 2.16. The maximum Gasteiger partial charge on any atom is 0.175 e. The zero-order valence-electron chi connectivity index (χ0n) is 7.03. The molecule has 0 saturated carbocycles. The Morgan fingerprint density at radius 1 is 1.62 bits per heavy atom. The molecule has 5 heteroatoms. The van der Waals surface area contributed by atoms with E-state index in [1.165, 1.54) is 0 Å². The van der Waals surface area contributed by atoms with Crippen LogP contribution in [0.2, 0.25) is 0 Å². The molecule has 0 radical (unpaired) electrons. The molecule has 2 rings (SSSR count). The van der Waals surface area contributed by atoms with Gasteiger partial charge in [0.15, 0.2) is 5.82 Å². The molecule has 1 fully saturated rings. The predicted molar refractivity (Wildman–Crippen MR) is 54.3 cm³/mol. The molecule has 0 unspecified atom stereocenters. The van der Waals surface area contributed by atoms with E-state index < -0.39 is 0 Å². The second-order valence-corrected chi connectivity index (χ2v) is 3.77. The van der Waals surface area contributed by atoms with E-state index in [0.717, 1.165) is 24.0 Å². The molecule has 13 heavy (non-hydrogen) atoms. The van der Waals surface area contributed by atoms with Crippen LogP contribution in [0.25, 0.3) is 0 Å². The molecule has 1 aliphatic rings. The third kappa shape index (κ3) is 1.76. The van der Waals surface area contributed by atoms with Gasteiger partial charge in [-0.1, -0.05) is 0 Å². The summed E-state index contributed by atoms with van der Waals surface area (Å²) in [5.41, 5.74) is 6.42. The van der Waals surface area contributed by atoms with Crippen molar-refractivity contribution in [3.8, 4) is 0 Å². The Kier molecular flexibility index (Phi) is 2.37. The van der Waals surface area contributed by atoms with Crippen LogP contribution in [0.1, 0.15) is 6.42 Å². The number of nitrogens with zero attached hydrogens (tertiary/aromatic N) is 2. The lowest BCUT2D eigenvalue weighted by Crippen LogP contribution is -2.18. The molecule has 1 aromatic heterocycles. The summed E-state index contributed by atoms with van der Waals surface area (Å²) in [4.78, 5) is 9.52. The molecule has 0 aromatic carbocycles. The Morgan fingerprint density at radius 3 is 3.08 bits per heavy atom. The quantitative estimate of drug-likeness (QED) is 0.814. The lowest BCUT2D eigenvalue weighted by molar-refractivity contribution is 0.166. The predicted octanol–water partition coefficient (Wildman–Crippen LogP) is 1.57. The smallest absolute Gasteiger partial charge is 0.175 e. The molecule has 1 saturated heterocycles. The van der Waals surface area contributed by atoms with Crippen LogP contribution in [0.5, 0.6) is 0 Å². The van der Waals surface area contributed by atoms with E-state index in [0.29, 0.717) is 11.5 Å². The summed E-state index contributed by atoms with van der Waals surface area (Å²) in [6, 6.07) is 1.82. The average Bonchev–Trinajstić information content (AvgIpc) is 2.56. The van der Waals surface area contributed by atoms with Crippen molar-refractivity contribution in [2.24, 2.45) is 0 Å². The number of pyridine rings is 1. The number of halogens is 1. The fourth-order valence-corrected chi connectivity index (χ4v) is 1.62. The van der Waals surface area contributed by atoms with E-state index in [9.17, 15) is 0 Å². The van der Waals surface area contributed by atoms with E-state index in [1.54, 1.807) is 11.3 Å². The molecule has 70 valence electrons. The zero-order valence-corrected chi connectivity index (χ0v) is 8.62. The number of hydrogen-bond donors (Lipinski definition) is 1. The molecule has 2 N–H and O–H groups in total. The van der Waals surface area contributed by atoms with Crippen molar-refractivity contribution in [3.63, 3.8) is 0 Å². The first-order valence-corrected chi connectivity index (χ1v) is 4.88. The summed E-state index contributed by atoms with van der Waals surface area (Å²) >= 11 is 3.30. The zero-order chi connectivity index (χ0) is 9.26. The highest BCUT2D eigenvalue weighted by atomic mass is 79.9. The van der Waals surface area contributed by atoms with Gasteiger partial charge in [-0.15, -0.1) is 0 Å². The Labute approximate surface area is 84.8 Å². The maximum absolute atomic E-state index is 5.79. The highest BCUT2D eigenvalue weighted by molar-refractivity contribution is 9.10. The topological polar surface area (TPSA) is 51.4 Å². The molecule has 2 heterocycles.